The number of urea groups is 2. The first-order chi connectivity index (χ1) is 15.9. The normalized spacial score (nSPS) is 15.7. The maximum atomic E-state index is 12.8. The predicted octanol–water partition coefficient (Wildman–Crippen LogP) is 3.17. The third-order valence-electron chi connectivity index (χ3n) is 5.27. The first kappa shape index (κ1) is 23.8. The Morgan fingerprint density at radius 3 is 2.58 bits per heavy atom. The van der Waals surface area contributed by atoms with Gasteiger partial charge in [-0.25, -0.2) is 14.4 Å². The highest BCUT2D eigenvalue weighted by atomic mass is 16.6. The van der Waals surface area contributed by atoms with Crippen molar-refractivity contribution in [3.63, 3.8) is 0 Å². The Bertz CT molecular complexity index is 1040. The highest BCUT2D eigenvalue weighted by Gasteiger charge is 2.35. The summed E-state index contributed by atoms with van der Waals surface area (Å²) in [6.45, 7) is 2.44. The van der Waals surface area contributed by atoms with E-state index in [2.05, 4.69) is 16.0 Å². The number of carbonyl (C=O) groups excluding carboxylic acids is 3. The lowest BCUT2D eigenvalue weighted by molar-refractivity contribution is -0.140. The zero-order valence-electron chi connectivity index (χ0n) is 18.9. The Hall–Kier alpha value is -3.85. The largest absolute Gasteiger partial charge is 0.460 e. The lowest BCUT2D eigenvalue weighted by Crippen LogP contribution is -2.46. The van der Waals surface area contributed by atoms with E-state index in [-0.39, 0.29) is 25.3 Å². The van der Waals surface area contributed by atoms with Crippen molar-refractivity contribution in [3.05, 3.63) is 77.0 Å². The van der Waals surface area contributed by atoms with Gasteiger partial charge in [0.15, 0.2) is 0 Å². The van der Waals surface area contributed by atoms with Gasteiger partial charge >= 0.3 is 18.0 Å². The molecule has 9 nitrogen and oxygen atoms in total. The fourth-order valence-corrected chi connectivity index (χ4v) is 3.39. The molecule has 3 N–H and O–H groups in total. The van der Waals surface area contributed by atoms with Gasteiger partial charge in [0.1, 0.15) is 6.61 Å². The van der Waals surface area contributed by atoms with Crippen LogP contribution in [0.3, 0.4) is 0 Å². The third-order valence-corrected chi connectivity index (χ3v) is 5.27. The second-order valence-electron chi connectivity index (χ2n) is 7.49. The Labute approximate surface area is 192 Å². The SMILES string of the molecule is COCCOC(=O)C1=C(C)N(C)C(=O)NC1c1cccc(NC(=O)NCc2ccccc2)c1. The monoisotopic (exact) mass is 452 g/mol. The van der Waals surface area contributed by atoms with Crippen molar-refractivity contribution in [2.75, 3.05) is 32.7 Å². The minimum Gasteiger partial charge on any atom is -0.460 e. The molecular formula is C24H28N4O5. The highest BCUT2D eigenvalue weighted by Crippen LogP contribution is 2.31. The molecule has 1 heterocycles. The molecule has 0 aromatic heterocycles. The maximum absolute atomic E-state index is 12.8. The average molecular weight is 453 g/mol. The molecule has 0 fully saturated rings. The van der Waals surface area contributed by atoms with Crippen LogP contribution in [0.15, 0.2) is 65.9 Å². The molecule has 0 saturated carbocycles. The number of ether oxygens (including phenoxy) is 2. The number of hydrogen-bond donors (Lipinski definition) is 3. The molecule has 0 radical (unpaired) electrons. The molecule has 0 spiro atoms. The number of esters is 1. The molecule has 0 aliphatic carbocycles. The van der Waals surface area contributed by atoms with E-state index in [1.54, 1.807) is 38.2 Å². The van der Waals surface area contributed by atoms with Crippen LogP contribution < -0.4 is 16.0 Å². The van der Waals surface area contributed by atoms with Gasteiger partial charge in [-0.2, -0.15) is 0 Å². The zero-order valence-corrected chi connectivity index (χ0v) is 18.9. The van der Waals surface area contributed by atoms with Crippen LogP contribution in [-0.4, -0.2) is 50.3 Å². The van der Waals surface area contributed by atoms with Crippen molar-refractivity contribution in [1.82, 2.24) is 15.5 Å². The zero-order chi connectivity index (χ0) is 23.8. The smallest absolute Gasteiger partial charge is 0.338 e. The van der Waals surface area contributed by atoms with Crippen LogP contribution in [0.5, 0.6) is 0 Å². The summed E-state index contributed by atoms with van der Waals surface area (Å²) in [4.78, 5) is 38.9. The Balaban J connectivity index is 1.76. The molecule has 0 saturated heterocycles. The van der Waals surface area contributed by atoms with Gasteiger partial charge in [-0.15, -0.1) is 0 Å². The van der Waals surface area contributed by atoms with E-state index in [4.69, 9.17) is 9.47 Å². The Kier molecular flexibility index (Phi) is 8.04. The van der Waals surface area contributed by atoms with Crippen LogP contribution >= 0.6 is 0 Å². The number of methoxy groups -OCH3 is 1. The van der Waals surface area contributed by atoms with Crippen LogP contribution in [0.1, 0.15) is 24.1 Å². The van der Waals surface area contributed by atoms with Crippen LogP contribution in [-0.2, 0) is 20.8 Å². The summed E-state index contributed by atoms with van der Waals surface area (Å²) in [5, 5.41) is 8.42. The molecule has 1 atom stereocenters. The van der Waals surface area contributed by atoms with Crippen molar-refractivity contribution >= 4 is 23.7 Å². The molecule has 1 unspecified atom stereocenters. The number of nitrogens with zero attached hydrogens (tertiary/aromatic N) is 1. The average Bonchev–Trinajstić information content (AvgIpc) is 2.82. The van der Waals surface area contributed by atoms with Crippen LogP contribution in [0.2, 0.25) is 0 Å². The lowest BCUT2D eigenvalue weighted by Gasteiger charge is -2.33. The van der Waals surface area contributed by atoms with Crippen molar-refractivity contribution in [1.29, 1.82) is 0 Å². The summed E-state index contributed by atoms with van der Waals surface area (Å²) >= 11 is 0. The van der Waals surface area contributed by atoms with Crippen molar-refractivity contribution in [3.8, 4) is 0 Å². The molecule has 2 aromatic carbocycles. The third kappa shape index (κ3) is 6.11. The number of nitrogens with one attached hydrogen (secondary N) is 3. The molecule has 1 aliphatic heterocycles. The quantitative estimate of drug-likeness (QED) is 0.421. The van der Waals surface area contributed by atoms with Gasteiger partial charge in [0, 0.05) is 32.1 Å². The number of benzene rings is 2. The topological polar surface area (TPSA) is 109 Å². The van der Waals surface area contributed by atoms with E-state index in [0.29, 0.717) is 29.1 Å². The van der Waals surface area contributed by atoms with Gasteiger partial charge in [-0.3, -0.25) is 0 Å². The standard InChI is InChI=1S/C24H28N4O5/c1-16-20(22(29)33-13-12-32-3)21(27-24(31)28(16)2)18-10-7-11-19(14-18)26-23(30)25-15-17-8-5-4-6-9-17/h4-11,14,21H,12-13,15H2,1-3H3,(H,27,31)(H2,25,26,30). The number of amides is 4. The number of anilines is 1. The van der Waals surface area contributed by atoms with E-state index < -0.39 is 12.0 Å². The van der Waals surface area contributed by atoms with Gasteiger partial charge in [0.25, 0.3) is 0 Å². The molecule has 2 aromatic rings. The first-order valence-electron chi connectivity index (χ1n) is 10.5. The molecule has 3 rings (SSSR count). The van der Waals surface area contributed by atoms with Crippen molar-refractivity contribution in [2.45, 2.75) is 19.5 Å². The fourth-order valence-electron chi connectivity index (χ4n) is 3.39. The highest BCUT2D eigenvalue weighted by molar-refractivity contribution is 5.95. The molecular weight excluding hydrogens is 424 g/mol. The maximum Gasteiger partial charge on any atom is 0.338 e. The summed E-state index contributed by atoms with van der Waals surface area (Å²) < 4.78 is 10.3. The van der Waals surface area contributed by atoms with Gasteiger partial charge in [-0.05, 0) is 30.2 Å². The van der Waals surface area contributed by atoms with Crippen molar-refractivity contribution < 1.29 is 23.9 Å². The van der Waals surface area contributed by atoms with Crippen LogP contribution in [0.4, 0.5) is 15.3 Å². The van der Waals surface area contributed by atoms with E-state index in [0.717, 1.165) is 5.56 Å². The Morgan fingerprint density at radius 2 is 1.85 bits per heavy atom. The van der Waals surface area contributed by atoms with E-state index >= 15 is 0 Å². The number of hydrogen-bond acceptors (Lipinski definition) is 5. The van der Waals surface area contributed by atoms with Gasteiger partial charge in [0.05, 0.1) is 18.2 Å². The summed E-state index contributed by atoms with van der Waals surface area (Å²) in [5.74, 6) is -0.541. The summed E-state index contributed by atoms with van der Waals surface area (Å²) in [5.41, 5.74) is 2.95. The van der Waals surface area contributed by atoms with Crippen LogP contribution in [0.25, 0.3) is 0 Å². The predicted molar refractivity (Wildman–Crippen MR) is 123 cm³/mol. The van der Waals surface area contributed by atoms with Crippen molar-refractivity contribution in [2.24, 2.45) is 0 Å². The molecule has 1 aliphatic rings. The van der Waals surface area contributed by atoms with Gasteiger partial charge in [0.2, 0.25) is 0 Å². The number of rotatable bonds is 8. The lowest BCUT2D eigenvalue weighted by atomic mass is 9.94. The Morgan fingerprint density at radius 1 is 1.09 bits per heavy atom. The van der Waals surface area contributed by atoms with Crippen LogP contribution in [0, 0.1) is 0 Å². The number of allylic oxidation sites excluding steroid dienone is 1. The summed E-state index contributed by atoms with van der Waals surface area (Å²) in [6.07, 6.45) is 0. The van der Waals surface area contributed by atoms with Gasteiger partial charge < -0.3 is 30.3 Å². The second-order valence-corrected chi connectivity index (χ2v) is 7.49. The van der Waals surface area contributed by atoms with E-state index in [9.17, 15) is 14.4 Å². The molecule has 174 valence electrons. The molecule has 4 amide bonds. The first-order valence-corrected chi connectivity index (χ1v) is 10.5. The van der Waals surface area contributed by atoms with E-state index in [1.165, 1.54) is 12.0 Å². The summed E-state index contributed by atoms with van der Waals surface area (Å²) in [7, 11) is 3.10. The summed E-state index contributed by atoms with van der Waals surface area (Å²) in [6, 6.07) is 15.1. The second kappa shape index (κ2) is 11.1. The molecule has 9 heteroatoms. The molecule has 0 bridgehead atoms. The van der Waals surface area contributed by atoms with E-state index in [1.807, 2.05) is 30.3 Å². The van der Waals surface area contributed by atoms with Gasteiger partial charge in [-0.1, -0.05) is 42.5 Å². The minimum absolute atomic E-state index is 0.0969. The minimum atomic E-state index is -0.724. The molecule has 33 heavy (non-hydrogen) atoms. The number of carbonyl (C=O) groups is 3. The fraction of sp³-hybridized carbons (Fsp3) is 0.292.